The summed E-state index contributed by atoms with van der Waals surface area (Å²) in [6.07, 6.45) is 1.32. The maximum atomic E-state index is 12.1. The molecule has 0 fully saturated rings. The summed E-state index contributed by atoms with van der Waals surface area (Å²) in [7, 11) is 0. The van der Waals surface area contributed by atoms with Crippen LogP contribution in [-0.2, 0) is 11.4 Å². The minimum Gasteiger partial charge on any atom is -0.482 e. The van der Waals surface area contributed by atoms with E-state index in [2.05, 4.69) is 20.7 Å². The second-order valence-electron chi connectivity index (χ2n) is 7.11. The third-order valence-corrected chi connectivity index (χ3v) is 6.17. The first-order chi connectivity index (χ1) is 17.8. The van der Waals surface area contributed by atoms with Gasteiger partial charge in [0.25, 0.3) is 17.0 Å². The molecule has 190 valence electrons. The van der Waals surface area contributed by atoms with Crippen molar-refractivity contribution in [1.29, 1.82) is 0 Å². The van der Waals surface area contributed by atoms with E-state index in [0.29, 0.717) is 32.9 Å². The fraction of sp³-hybridized carbons (Fsp3) is 0.0870. The number of amides is 1. The smallest absolute Gasteiger partial charge is 0.337 e. The molecule has 0 radical (unpaired) electrons. The Kier molecular flexibility index (Phi) is 8.72. The molecule has 10 nitrogen and oxygen atoms in total. The van der Waals surface area contributed by atoms with Crippen LogP contribution in [0.2, 0.25) is 15.1 Å². The zero-order valence-corrected chi connectivity index (χ0v) is 21.6. The van der Waals surface area contributed by atoms with Crippen LogP contribution in [-0.4, -0.2) is 39.1 Å². The van der Waals surface area contributed by atoms with Crippen molar-refractivity contribution in [3.05, 3.63) is 80.8 Å². The summed E-state index contributed by atoms with van der Waals surface area (Å²) in [5, 5.41) is 21.7. The Morgan fingerprint density at radius 3 is 2.65 bits per heavy atom. The Labute approximate surface area is 228 Å². The van der Waals surface area contributed by atoms with E-state index in [0.717, 1.165) is 11.8 Å². The Bertz CT molecular complexity index is 1470. The minimum atomic E-state index is -1.12. The highest BCUT2D eigenvalue weighted by atomic mass is 35.5. The van der Waals surface area contributed by atoms with Gasteiger partial charge >= 0.3 is 5.97 Å². The molecule has 2 N–H and O–H groups in total. The van der Waals surface area contributed by atoms with Gasteiger partial charge in [-0.3, -0.25) is 4.79 Å². The molecule has 0 atom stereocenters. The van der Waals surface area contributed by atoms with Gasteiger partial charge in [-0.25, -0.2) is 10.2 Å². The first-order valence-electron chi connectivity index (χ1n) is 10.3. The zero-order chi connectivity index (χ0) is 26.4. The molecule has 0 saturated carbocycles. The third kappa shape index (κ3) is 7.26. The van der Waals surface area contributed by atoms with Crippen molar-refractivity contribution in [3.8, 4) is 17.1 Å². The highest BCUT2D eigenvalue weighted by Gasteiger charge is 2.13. The summed E-state index contributed by atoms with van der Waals surface area (Å²) in [6, 6.07) is 12.6. The predicted octanol–water partition coefficient (Wildman–Crippen LogP) is 5.81. The number of hydrazone groups is 1. The van der Waals surface area contributed by atoms with Gasteiger partial charge in [0.05, 0.1) is 27.6 Å². The van der Waals surface area contributed by atoms with Gasteiger partial charge in [-0.15, -0.1) is 10.2 Å². The first kappa shape index (κ1) is 26.6. The maximum Gasteiger partial charge on any atom is 0.337 e. The van der Waals surface area contributed by atoms with Crippen LogP contribution in [0.25, 0.3) is 11.3 Å². The maximum absolute atomic E-state index is 12.1. The van der Waals surface area contributed by atoms with Gasteiger partial charge in [0.15, 0.2) is 6.61 Å². The monoisotopic (exact) mass is 580 g/mol. The molecule has 0 unspecified atom stereocenters. The topological polar surface area (TPSA) is 140 Å². The second-order valence-corrected chi connectivity index (χ2v) is 9.29. The summed E-state index contributed by atoms with van der Waals surface area (Å²) in [5.41, 5.74) is 2.95. The molecule has 2 aromatic carbocycles. The van der Waals surface area contributed by atoms with Crippen molar-refractivity contribution >= 4 is 64.7 Å². The number of aromatic carboxylic acids is 1. The van der Waals surface area contributed by atoms with Crippen molar-refractivity contribution in [2.24, 2.45) is 5.10 Å². The molecule has 14 heteroatoms. The van der Waals surface area contributed by atoms with E-state index in [1.165, 1.54) is 18.3 Å². The van der Waals surface area contributed by atoms with E-state index in [9.17, 15) is 9.59 Å². The SMILES string of the molecule is O=C(CSc1nnc(COc2ccc(Cl)cc2Cl)o1)N/N=C\c1ccc(-c2ccc(C(=O)O)c(Cl)c2)o1. The number of halogens is 3. The number of rotatable bonds is 10. The first-order valence-corrected chi connectivity index (χ1v) is 12.4. The average molecular weight is 582 g/mol. The number of furan rings is 1. The zero-order valence-electron chi connectivity index (χ0n) is 18.5. The minimum absolute atomic E-state index is 0.00715. The van der Waals surface area contributed by atoms with E-state index in [1.807, 2.05) is 0 Å². The molecule has 2 aromatic heterocycles. The van der Waals surface area contributed by atoms with Crippen molar-refractivity contribution < 1.29 is 28.3 Å². The van der Waals surface area contributed by atoms with Gasteiger partial charge in [-0.2, -0.15) is 5.10 Å². The van der Waals surface area contributed by atoms with Crippen LogP contribution in [0.1, 0.15) is 22.0 Å². The van der Waals surface area contributed by atoms with Crippen LogP contribution in [0.5, 0.6) is 5.75 Å². The number of carboxylic acids is 1. The lowest BCUT2D eigenvalue weighted by Crippen LogP contribution is -2.19. The predicted molar refractivity (Wildman–Crippen MR) is 138 cm³/mol. The van der Waals surface area contributed by atoms with Crippen molar-refractivity contribution in [1.82, 2.24) is 15.6 Å². The van der Waals surface area contributed by atoms with E-state index in [-0.39, 0.29) is 34.1 Å². The van der Waals surface area contributed by atoms with Crippen molar-refractivity contribution in [2.45, 2.75) is 11.8 Å². The van der Waals surface area contributed by atoms with E-state index >= 15 is 0 Å². The number of carboxylic acid groups (broad SMARTS) is 1. The Balaban J connectivity index is 1.23. The average Bonchev–Trinajstić information content (AvgIpc) is 3.52. The summed E-state index contributed by atoms with van der Waals surface area (Å²) >= 11 is 18.9. The van der Waals surface area contributed by atoms with Crippen LogP contribution in [0.4, 0.5) is 0 Å². The lowest BCUT2D eigenvalue weighted by molar-refractivity contribution is -0.118. The molecule has 0 spiro atoms. The molecule has 37 heavy (non-hydrogen) atoms. The summed E-state index contributed by atoms with van der Waals surface area (Å²) in [6.45, 7) is -0.00749. The highest BCUT2D eigenvalue weighted by molar-refractivity contribution is 7.99. The summed E-state index contributed by atoms with van der Waals surface area (Å²) in [4.78, 5) is 23.1. The number of aromatic nitrogens is 2. The number of benzene rings is 2. The van der Waals surface area contributed by atoms with E-state index in [4.69, 9.17) is 53.5 Å². The Morgan fingerprint density at radius 2 is 1.89 bits per heavy atom. The lowest BCUT2D eigenvalue weighted by Gasteiger charge is -2.05. The normalized spacial score (nSPS) is 11.1. The number of nitrogens with zero attached hydrogens (tertiary/aromatic N) is 3. The van der Waals surface area contributed by atoms with Crippen LogP contribution in [0.3, 0.4) is 0 Å². The van der Waals surface area contributed by atoms with Crippen molar-refractivity contribution in [2.75, 3.05) is 5.75 Å². The van der Waals surface area contributed by atoms with Gasteiger partial charge in [0.1, 0.15) is 17.3 Å². The Hall–Kier alpha value is -3.51. The number of thioether (sulfide) groups is 1. The second kappa shape index (κ2) is 12.2. The number of carbonyl (C=O) groups excluding carboxylic acids is 1. The molecule has 0 aliphatic rings. The van der Waals surface area contributed by atoms with Crippen LogP contribution in [0.15, 0.2) is 67.7 Å². The number of carbonyl (C=O) groups is 2. The van der Waals surface area contributed by atoms with E-state index < -0.39 is 11.9 Å². The summed E-state index contributed by atoms with van der Waals surface area (Å²) in [5.74, 6) is -0.112. The van der Waals surface area contributed by atoms with Crippen LogP contribution in [0, 0.1) is 0 Å². The van der Waals surface area contributed by atoms with E-state index in [1.54, 1.807) is 36.4 Å². The fourth-order valence-corrected chi connectivity index (χ4v) is 4.13. The molecule has 4 rings (SSSR count). The molecule has 0 saturated heterocycles. The standard InChI is InChI=1S/C23H15Cl3N4O6S/c24-13-2-5-19(17(26)8-13)34-10-21-29-30-23(36-21)37-11-20(31)28-27-9-14-3-6-18(35-14)12-1-4-15(22(32)33)16(25)7-12/h1-9H,10-11H2,(H,28,31)(H,32,33)/b27-9-. The van der Waals surface area contributed by atoms with Crippen LogP contribution >= 0.6 is 46.6 Å². The van der Waals surface area contributed by atoms with Gasteiger partial charge < -0.3 is 18.7 Å². The number of hydrogen-bond acceptors (Lipinski definition) is 9. The van der Waals surface area contributed by atoms with Gasteiger partial charge in [-0.1, -0.05) is 52.6 Å². The molecular formula is C23H15Cl3N4O6S. The number of hydrogen-bond donors (Lipinski definition) is 2. The van der Waals surface area contributed by atoms with Crippen molar-refractivity contribution in [3.63, 3.8) is 0 Å². The highest BCUT2D eigenvalue weighted by Crippen LogP contribution is 2.29. The molecular weight excluding hydrogens is 567 g/mol. The fourth-order valence-electron chi connectivity index (χ4n) is 2.83. The Morgan fingerprint density at radius 1 is 1.05 bits per heavy atom. The molecule has 0 aliphatic carbocycles. The van der Waals surface area contributed by atoms with Crippen LogP contribution < -0.4 is 10.2 Å². The molecule has 0 bridgehead atoms. The third-order valence-electron chi connectivity index (χ3n) is 4.51. The largest absolute Gasteiger partial charge is 0.482 e. The molecule has 1 amide bonds. The molecule has 2 heterocycles. The van der Waals surface area contributed by atoms with Gasteiger partial charge in [-0.05, 0) is 42.5 Å². The van der Waals surface area contributed by atoms with Gasteiger partial charge in [0.2, 0.25) is 0 Å². The van der Waals surface area contributed by atoms with Gasteiger partial charge in [0, 0.05) is 10.6 Å². The molecule has 0 aliphatic heterocycles. The summed E-state index contributed by atoms with van der Waals surface area (Å²) < 4.78 is 16.6. The quantitative estimate of drug-likeness (QED) is 0.135. The molecule has 4 aromatic rings. The number of nitrogens with one attached hydrogen (secondary N) is 1. The lowest BCUT2D eigenvalue weighted by atomic mass is 10.1. The number of ether oxygens (including phenoxy) is 1.